The molecule has 2 saturated heterocycles. The van der Waals surface area contributed by atoms with Crippen molar-refractivity contribution in [1.82, 2.24) is 20.2 Å². The molecule has 0 aliphatic carbocycles. The van der Waals surface area contributed by atoms with Crippen molar-refractivity contribution in [3.63, 3.8) is 0 Å². The highest BCUT2D eigenvalue weighted by Gasteiger charge is 2.33. The first-order valence-electron chi connectivity index (χ1n) is 32.1. The summed E-state index contributed by atoms with van der Waals surface area (Å²) in [5, 5.41) is 25.7. The van der Waals surface area contributed by atoms with Gasteiger partial charge in [-0.25, -0.2) is 9.97 Å². The topological polar surface area (TPSA) is 196 Å². The number of carboxylic acid groups (broad SMARTS) is 1. The van der Waals surface area contributed by atoms with Gasteiger partial charge in [0, 0.05) is 87.7 Å². The highest BCUT2D eigenvalue weighted by Crippen LogP contribution is 2.37. The number of hydrogen-bond donors (Lipinski definition) is 6. The van der Waals surface area contributed by atoms with Crippen molar-refractivity contribution >= 4 is 46.8 Å². The van der Waals surface area contributed by atoms with Crippen LogP contribution in [0.25, 0.3) is 0 Å². The molecular weight excluding hydrogens is 1120 g/mol. The number of ether oxygens (including phenoxy) is 2. The minimum atomic E-state index is -0.775. The number of likely N-dealkylation sites (tertiary alicyclic amines) is 1. The number of carbonyl (C=O) groups excluding carboxylic acids is 3. The maximum absolute atomic E-state index is 13.0. The molecule has 0 unspecified atom stereocenters. The zero-order chi connectivity index (χ0) is 64.1. The first-order chi connectivity index (χ1) is 43.9. The number of benzene rings is 2. The number of para-hydroxylation sites is 2. The molecule has 4 atom stereocenters. The molecule has 4 aromatic rings. The number of esters is 2. The van der Waals surface area contributed by atoms with E-state index in [-0.39, 0.29) is 30.2 Å². The van der Waals surface area contributed by atoms with Gasteiger partial charge in [-0.1, -0.05) is 66.3 Å². The average molecular weight is 1220 g/mol. The van der Waals surface area contributed by atoms with E-state index in [2.05, 4.69) is 157 Å². The third-order valence-corrected chi connectivity index (χ3v) is 17.3. The molecule has 6 N–H and O–H groups in total. The second-order valence-electron chi connectivity index (χ2n) is 23.4. The van der Waals surface area contributed by atoms with Gasteiger partial charge >= 0.3 is 17.9 Å². The van der Waals surface area contributed by atoms with E-state index in [0.717, 1.165) is 146 Å². The normalized spacial score (nSPS) is 17.0. The second-order valence-corrected chi connectivity index (χ2v) is 23.4. The monoisotopic (exact) mass is 1220 g/mol. The van der Waals surface area contributed by atoms with Gasteiger partial charge in [-0.3, -0.25) is 19.2 Å². The van der Waals surface area contributed by atoms with E-state index in [1.54, 1.807) is 20.8 Å². The van der Waals surface area contributed by atoms with Crippen LogP contribution in [0.4, 0.5) is 23.0 Å². The van der Waals surface area contributed by atoms with Crippen LogP contribution in [-0.2, 0) is 67.2 Å². The van der Waals surface area contributed by atoms with E-state index in [1.807, 2.05) is 17.0 Å². The number of anilines is 4. The van der Waals surface area contributed by atoms with Crippen LogP contribution in [0.3, 0.4) is 0 Å². The fourth-order valence-electron chi connectivity index (χ4n) is 12.4. The third kappa shape index (κ3) is 24.6. The Morgan fingerprint density at radius 1 is 0.578 bits per heavy atom. The largest absolute Gasteiger partial charge is 0.481 e. The Bertz CT molecular complexity index is 3330. The summed E-state index contributed by atoms with van der Waals surface area (Å²) in [6.07, 6.45) is 20.7. The molecule has 15 nitrogen and oxygen atoms in total. The fraction of sp³-hybridized carbons (Fsp3) is 0.493. The lowest BCUT2D eigenvalue weighted by molar-refractivity contribution is -0.143. The number of pyridine rings is 2. The van der Waals surface area contributed by atoms with Gasteiger partial charge in [0.25, 0.3) is 0 Å². The highest BCUT2D eigenvalue weighted by molar-refractivity contribution is 5.76. The predicted octanol–water partition coefficient (Wildman–Crippen LogP) is 10.4. The summed E-state index contributed by atoms with van der Waals surface area (Å²) in [4.78, 5) is 58.7. The van der Waals surface area contributed by atoms with Gasteiger partial charge in [-0.05, 0) is 247 Å². The second kappa shape index (κ2) is 39.9. The van der Waals surface area contributed by atoms with Gasteiger partial charge in [0.2, 0.25) is 5.91 Å². The maximum Gasteiger partial charge on any atom is 0.305 e. The number of nitrogens with zero attached hydrogens (tertiary/aromatic N) is 3. The summed E-state index contributed by atoms with van der Waals surface area (Å²) < 4.78 is 10.0. The number of aryl methyl sites for hydroxylation is 4. The van der Waals surface area contributed by atoms with E-state index >= 15 is 0 Å². The molecule has 1 amide bonds. The molecule has 6 aliphatic rings. The molecule has 15 heteroatoms. The molecule has 2 aromatic carbocycles. The van der Waals surface area contributed by atoms with Crippen molar-refractivity contribution in [2.45, 2.75) is 136 Å². The SMILES string of the molecule is C#CC#CC#CC.CC#CC#CC#CC.COC(=O)C[C@H](CC1CCN(C(=O)CCc2ccc3c(n2)NCCC3)CC1)[C@H]1CNc2ccccc2C1.COC(=O)C[C@H](CC1CCNCC1)[C@H]1CNc2ccccc2C1.O=C(O)CCc1ccc2c(n1)NCCC2. The number of aliphatic carboxylic acids is 1. The zero-order valence-electron chi connectivity index (χ0n) is 53.6. The van der Waals surface area contributed by atoms with Crippen LogP contribution in [-0.4, -0.2) is 110 Å². The number of aromatic nitrogens is 2. The van der Waals surface area contributed by atoms with E-state index in [4.69, 9.17) is 26.0 Å². The highest BCUT2D eigenvalue weighted by atomic mass is 16.5. The van der Waals surface area contributed by atoms with E-state index in [0.29, 0.717) is 55.8 Å². The Hall–Kier alpha value is -8.86. The summed E-state index contributed by atoms with van der Waals surface area (Å²) in [7, 11) is 2.98. The quantitative estimate of drug-likeness (QED) is 0.0458. The molecule has 8 heterocycles. The molecule has 0 radical (unpaired) electrons. The number of rotatable bonds is 16. The van der Waals surface area contributed by atoms with Gasteiger partial charge in [0.05, 0.1) is 20.6 Å². The molecule has 10 rings (SSSR count). The van der Waals surface area contributed by atoms with Gasteiger partial charge in [-0.15, -0.1) is 6.42 Å². The summed E-state index contributed by atoms with van der Waals surface area (Å²) >= 11 is 0. The zero-order valence-corrected chi connectivity index (χ0v) is 53.6. The third-order valence-electron chi connectivity index (χ3n) is 17.3. The number of terminal acetylenes is 1. The number of piperidine rings is 2. The van der Waals surface area contributed by atoms with Gasteiger partial charge in [0.15, 0.2) is 0 Å². The van der Waals surface area contributed by atoms with Crippen LogP contribution >= 0.6 is 0 Å². The number of methoxy groups -OCH3 is 2. The van der Waals surface area contributed by atoms with Gasteiger partial charge in [-0.2, -0.15) is 0 Å². The Labute approximate surface area is 536 Å². The molecule has 474 valence electrons. The lowest BCUT2D eigenvalue weighted by Crippen LogP contribution is -2.40. The Morgan fingerprint density at radius 2 is 1.03 bits per heavy atom. The molecule has 0 saturated carbocycles. The number of hydrogen-bond acceptors (Lipinski definition) is 13. The summed E-state index contributed by atoms with van der Waals surface area (Å²) in [5.74, 6) is 31.6. The molecular formula is C75H92N8O7. The number of amides is 1. The summed E-state index contributed by atoms with van der Waals surface area (Å²) in [6, 6.07) is 25.2. The van der Waals surface area contributed by atoms with Crippen LogP contribution in [0.2, 0.25) is 0 Å². The predicted molar refractivity (Wildman–Crippen MR) is 360 cm³/mol. The number of fused-ring (bicyclic) bond motifs is 4. The minimum Gasteiger partial charge on any atom is -0.481 e. The van der Waals surface area contributed by atoms with Crippen molar-refractivity contribution in [2.24, 2.45) is 35.5 Å². The Balaban J connectivity index is 0.000000206. The first-order valence-corrected chi connectivity index (χ1v) is 32.1. The summed E-state index contributed by atoms with van der Waals surface area (Å²) in [5.41, 5.74) is 9.53. The smallest absolute Gasteiger partial charge is 0.305 e. The van der Waals surface area contributed by atoms with Crippen LogP contribution in [0.1, 0.15) is 131 Å². The lowest BCUT2D eigenvalue weighted by Gasteiger charge is -2.37. The average Bonchev–Trinajstić information content (AvgIpc) is 2.42. The van der Waals surface area contributed by atoms with Crippen molar-refractivity contribution < 1.29 is 33.8 Å². The standard InChI is InChI=1S/C30H40N4O3.C19H28N2O2.C11H14N2O2.C8H6.C7H4/c1-37-29(36)19-24(25-18-23-5-2-3-7-27(23)32-20-25)17-21-12-15-34(16-13-21)28(35)11-10-26-9-8-22-6-4-14-31-30(22)33-26;1-23-19(22)12-16(10-14-6-8-20-9-7-14)17-11-15-4-2-3-5-18(15)21-13-17;14-10(15)6-5-9-4-3-8-2-1-7-12-11(8)13-9;1-3-5-7-8-6-4-2;1-3-5-7-6-4-2/h2-3,5,7-9,21,24-25,32H,4,6,10-20H2,1H3,(H,31,33);2-5,14,16-17,20-21H,6-13H2,1H3;3-4H,1-2,5-7H2,(H,12,13)(H,14,15);1-2H3;1H,2H3/t24-,25+;16-,17+;;;/m00.../s1. The number of carboxylic acids is 1. The van der Waals surface area contributed by atoms with Crippen LogP contribution in [0.15, 0.2) is 72.8 Å². The van der Waals surface area contributed by atoms with Crippen LogP contribution < -0.4 is 26.6 Å². The minimum absolute atomic E-state index is 0.0669. The van der Waals surface area contributed by atoms with Crippen molar-refractivity contribution in [3.05, 3.63) is 106 Å². The van der Waals surface area contributed by atoms with E-state index in [1.165, 1.54) is 60.7 Å². The van der Waals surface area contributed by atoms with Gasteiger partial charge in [0.1, 0.15) is 11.6 Å². The summed E-state index contributed by atoms with van der Waals surface area (Å²) in [6.45, 7) is 12.8. The molecule has 0 bridgehead atoms. The lowest BCUT2D eigenvalue weighted by atomic mass is 9.75. The number of carbonyl (C=O) groups is 4. The Kier molecular flexibility index (Phi) is 31.1. The van der Waals surface area contributed by atoms with Crippen molar-refractivity contribution in [2.75, 3.05) is 87.8 Å². The Morgan fingerprint density at radius 3 is 1.49 bits per heavy atom. The molecule has 2 aromatic heterocycles. The molecule has 2 fully saturated rings. The maximum atomic E-state index is 13.0. The van der Waals surface area contributed by atoms with Crippen LogP contribution in [0, 0.1) is 107 Å². The van der Waals surface area contributed by atoms with Gasteiger partial charge < -0.3 is 46.1 Å². The first kappa shape index (κ1) is 70.2. The molecule has 6 aliphatic heterocycles. The van der Waals surface area contributed by atoms with Crippen LogP contribution in [0.5, 0.6) is 0 Å². The molecule has 0 spiro atoms. The van der Waals surface area contributed by atoms with E-state index in [9.17, 15) is 19.2 Å². The van der Waals surface area contributed by atoms with Crippen molar-refractivity contribution in [3.8, 4) is 71.5 Å². The van der Waals surface area contributed by atoms with Crippen molar-refractivity contribution in [1.29, 1.82) is 0 Å². The fourth-order valence-corrected chi connectivity index (χ4v) is 12.4. The molecule has 90 heavy (non-hydrogen) atoms. The van der Waals surface area contributed by atoms with E-state index < -0.39 is 5.97 Å². The number of nitrogens with one attached hydrogen (secondary N) is 5.